The van der Waals surface area contributed by atoms with Gasteiger partial charge in [0.2, 0.25) is 0 Å². The minimum atomic E-state index is -0.318. The van der Waals surface area contributed by atoms with Crippen molar-refractivity contribution in [3.05, 3.63) is 0 Å². The van der Waals surface area contributed by atoms with Crippen molar-refractivity contribution >= 4 is 23.3 Å². The van der Waals surface area contributed by atoms with Crippen molar-refractivity contribution in [1.82, 2.24) is 10.6 Å². The van der Waals surface area contributed by atoms with Crippen molar-refractivity contribution in [2.24, 2.45) is 5.41 Å². The lowest BCUT2D eigenvalue weighted by Gasteiger charge is -2.29. The highest BCUT2D eigenvalue weighted by atomic mass is 32.2. The summed E-state index contributed by atoms with van der Waals surface area (Å²) in [6.45, 7) is 13.1. The van der Waals surface area contributed by atoms with Crippen LogP contribution >= 0.6 is 11.8 Å². The first-order chi connectivity index (χ1) is 11.0. The summed E-state index contributed by atoms with van der Waals surface area (Å²) in [5.74, 6) is 2.29. The minimum Gasteiger partial charge on any atom is -0.307 e. The fraction of sp³-hybridized carbons (Fsp3) is 0.895. The van der Waals surface area contributed by atoms with Crippen molar-refractivity contribution in [2.45, 2.75) is 84.8 Å². The summed E-state index contributed by atoms with van der Waals surface area (Å²) >= 11 is 1.78. The Labute approximate surface area is 152 Å². The summed E-state index contributed by atoms with van der Waals surface area (Å²) < 4.78 is 0. The molecule has 1 heterocycles. The van der Waals surface area contributed by atoms with Crippen molar-refractivity contribution in [3.8, 4) is 0 Å². The van der Waals surface area contributed by atoms with Gasteiger partial charge in [0.1, 0.15) is 5.78 Å². The molecule has 0 amide bonds. The molecular formula is C19H36N2O2S. The molecule has 1 saturated heterocycles. The second kappa shape index (κ2) is 9.35. The third-order valence-corrected chi connectivity index (χ3v) is 5.22. The van der Waals surface area contributed by atoms with Crippen LogP contribution in [0.5, 0.6) is 0 Å². The molecule has 0 aromatic heterocycles. The Bertz CT molecular complexity index is 420. The summed E-state index contributed by atoms with van der Waals surface area (Å²) in [6.07, 6.45) is 3.28. The van der Waals surface area contributed by atoms with E-state index in [0.717, 1.165) is 37.3 Å². The zero-order chi connectivity index (χ0) is 18.4. The molecule has 0 aliphatic carbocycles. The van der Waals surface area contributed by atoms with E-state index >= 15 is 0 Å². The third kappa shape index (κ3) is 8.13. The number of nitrogens with one attached hydrogen (secondary N) is 2. The molecule has 0 saturated carbocycles. The smallest absolute Gasteiger partial charge is 0.155 e. The molecule has 5 heteroatoms. The van der Waals surface area contributed by atoms with Crippen molar-refractivity contribution in [2.75, 3.05) is 18.1 Å². The SMILES string of the molecule is CC(C)(C)N[C@H]1CCSCC(C(=O)C(C)(C)C)NCCCCC1=O. The van der Waals surface area contributed by atoms with E-state index in [1.165, 1.54) is 0 Å². The molecule has 0 spiro atoms. The lowest BCUT2D eigenvalue weighted by atomic mass is 9.87. The highest BCUT2D eigenvalue weighted by Crippen LogP contribution is 2.20. The van der Waals surface area contributed by atoms with Crippen LogP contribution in [0.1, 0.15) is 67.2 Å². The molecule has 4 nitrogen and oxygen atoms in total. The second-order valence-corrected chi connectivity index (χ2v) is 10.0. The van der Waals surface area contributed by atoms with Crippen LogP contribution in [-0.4, -0.2) is 47.2 Å². The van der Waals surface area contributed by atoms with E-state index in [0.29, 0.717) is 12.2 Å². The summed E-state index contributed by atoms with van der Waals surface area (Å²) in [4.78, 5) is 25.1. The molecule has 0 aromatic rings. The average Bonchev–Trinajstić information content (AvgIpc) is 2.43. The highest BCUT2D eigenvalue weighted by molar-refractivity contribution is 7.99. The Kier molecular flexibility index (Phi) is 8.43. The number of thioether (sulfide) groups is 1. The zero-order valence-electron chi connectivity index (χ0n) is 16.3. The Balaban J connectivity index is 2.69. The first-order valence-electron chi connectivity index (χ1n) is 9.16. The maximum atomic E-state index is 12.6. The van der Waals surface area contributed by atoms with Gasteiger partial charge in [0.25, 0.3) is 0 Å². The predicted octanol–water partition coefficient (Wildman–Crippen LogP) is 3.19. The summed E-state index contributed by atoms with van der Waals surface area (Å²) in [6, 6.07) is -0.152. The van der Waals surface area contributed by atoms with E-state index in [1.807, 2.05) is 20.8 Å². The molecule has 0 radical (unpaired) electrons. The molecule has 2 atom stereocenters. The third-order valence-electron chi connectivity index (χ3n) is 4.13. The Morgan fingerprint density at radius 1 is 1.17 bits per heavy atom. The van der Waals surface area contributed by atoms with Gasteiger partial charge in [-0.3, -0.25) is 9.59 Å². The van der Waals surface area contributed by atoms with Crippen LogP contribution in [-0.2, 0) is 9.59 Å². The van der Waals surface area contributed by atoms with Gasteiger partial charge in [0.15, 0.2) is 5.78 Å². The molecule has 1 aliphatic rings. The molecule has 1 fully saturated rings. The number of hydrogen-bond acceptors (Lipinski definition) is 5. The molecular weight excluding hydrogens is 320 g/mol. The second-order valence-electron chi connectivity index (χ2n) is 8.85. The van der Waals surface area contributed by atoms with Crippen molar-refractivity contribution < 1.29 is 9.59 Å². The van der Waals surface area contributed by atoms with Gasteiger partial charge in [-0.15, -0.1) is 0 Å². The van der Waals surface area contributed by atoms with E-state index in [4.69, 9.17) is 0 Å². The largest absolute Gasteiger partial charge is 0.307 e. The Morgan fingerprint density at radius 2 is 1.83 bits per heavy atom. The predicted molar refractivity (Wildman–Crippen MR) is 104 cm³/mol. The standard InChI is InChI=1S/C19H36N2O2S/c1-18(2,3)17(23)15-13-24-12-10-14(21-19(4,5)6)16(22)9-7-8-11-20-15/h14-15,20-21H,7-13H2,1-6H3/t14-,15?/m0/s1. The molecule has 0 aromatic carbocycles. The van der Waals surface area contributed by atoms with Crippen LogP contribution in [0.15, 0.2) is 0 Å². The molecule has 24 heavy (non-hydrogen) atoms. The molecule has 140 valence electrons. The Hall–Kier alpha value is -0.390. The zero-order valence-corrected chi connectivity index (χ0v) is 17.1. The highest BCUT2D eigenvalue weighted by Gasteiger charge is 2.30. The molecule has 0 bridgehead atoms. The number of Topliss-reactive ketones (excluding diaryl/α,β-unsaturated/α-hetero) is 2. The van der Waals surface area contributed by atoms with Crippen LogP contribution in [0.25, 0.3) is 0 Å². The van der Waals surface area contributed by atoms with E-state index in [-0.39, 0.29) is 28.8 Å². The van der Waals surface area contributed by atoms with Crippen LogP contribution in [0.2, 0.25) is 0 Å². The fourth-order valence-corrected chi connectivity index (χ4v) is 3.94. The maximum absolute atomic E-state index is 12.6. The summed E-state index contributed by atoms with van der Waals surface area (Å²) in [5, 5.41) is 6.88. The van der Waals surface area contributed by atoms with E-state index in [1.54, 1.807) is 11.8 Å². The number of ketones is 2. The number of carbonyl (C=O) groups excluding carboxylic acids is 2. The van der Waals surface area contributed by atoms with Gasteiger partial charge < -0.3 is 10.6 Å². The first-order valence-corrected chi connectivity index (χ1v) is 10.3. The Morgan fingerprint density at radius 3 is 2.42 bits per heavy atom. The van der Waals surface area contributed by atoms with E-state index in [9.17, 15) is 9.59 Å². The first kappa shape index (κ1) is 21.7. The van der Waals surface area contributed by atoms with Gasteiger partial charge >= 0.3 is 0 Å². The minimum absolute atomic E-state index is 0.0612. The molecule has 1 rings (SSSR count). The fourth-order valence-electron chi connectivity index (χ4n) is 2.86. The molecule has 2 N–H and O–H groups in total. The van der Waals surface area contributed by atoms with Gasteiger partial charge in [-0.2, -0.15) is 11.8 Å². The number of rotatable bonds is 2. The number of carbonyl (C=O) groups is 2. The summed E-state index contributed by atoms with van der Waals surface area (Å²) in [5.41, 5.74) is -0.379. The monoisotopic (exact) mass is 356 g/mol. The maximum Gasteiger partial charge on any atom is 0.155 e. The molecule has 1 aliphatic heterocycles. The summed E-state index contributed by atoms with van der Waals surface area (Å²) in [7, 11) is 0. The molecule has 1 unspecified atom stereocenters. The van der Waals surface area contributed by atoms with Crippen molar-refractivity contribution in [1.29, 1.82) is 0 Å². The quantitative estimate of drug-likeness (QED) is 0.796. The van der Waals surface area contributed by atoms with Gasteiger partial charge in [-0.25, -0.2) is 0 Å². The van der Waals surface area contributed by atoms with Crippen LogP contribution in [0.4, 0.5) is 0 Å². The van der Waals surface area contributed by atoms with Crippen LogP contribution in [0, 0.1) is 5.41 Å². The van der Waals surface area contributed by atoms with Crippen molar-refractivity contribution in [3.63, 3.8) is 0 Å². The van der Waals surface area contributed by atoms with Gasteiger partial charge in [-0.1, -0.05) is 20.8 Å². The lowest BCUT2D eigenvalue weighted by Crippen LogP contribution is -2.48. The lowest BCUT2D eigenvalue weighted by molar-refractivity contribution is -0.128. The van der Waals surface area contributed by atoms with Crippen LogP contribution in [0.3, 0.4) is 0 Å². The average molecular weight is 357 g/mol. The number of hydrogen-bond donors (Lipinski definition) is 2. The van der Waals surface area contributed by atoms with E-state index in [2.05, 4.69) is 31.4 Å². The van der Waals surface area contributed by atoms with Gasteiger partial charge in [-0.05, 0) is 52.3 Å². The van der Waals surface area contributed by atoms with Gasteiger partial charge in [0, 0.05) is 23.1 Å². The topological polar surface area (TPSA) is 58.2 Å². The van der Waals surface area contributed by atoms with Gasteiger partial charge in [0.05, 0.1) is 12.1 Å². The van der Waals surface area contributed by atoms with E-state index < -0.39 is 0 Å². The van der Waals surface area contributed by atoms with Crippen LogP contribution < -0.4 is 10.6 Å². The normalized spacial score (nSPS) is 25.7.